The number of hydrogen-bond donors (Lipinski definition) is 0. The fourth-order valence-corrected chi connectivity index (χ4v) is 7.04. The average molecular weight is 632 g/mol. The second-order valence-electron chi connectivity index (χ2n) is 15.7. The normalized spacial score (nSPS) is 17.0. The predicted octanol–water partition coefficient (Wildman–Crippen LogP) is 11.2. The highest BCUT2D eigenvalue weighted by Crippen LogP contribution is 2.50. The molecule has 0 fully saturated rings. The molecule has 0 amide bonds. The predicted molar refractivity (Wildman–Crippen MR) is 198 cm³/mol. The number of rotatable bonds is 8. The molecule has 0 saturated carbocycles. The summed E-state index contributed by atoms with van der Waals surface area (Å²) < 4.78 is 14.6. The summed E-state index contributed by atoms with van der Waals surface area (Å²) >= 11 is 0. The SMILES string of the molecule is COc1cc(C(C)C)c(N2C=[N+](c3cc(C(C)(C)C)c(OC)cc3C(C)C)[C@H](c3ccccc3)[C@H]2c2ccccc2)cc1C(C)(C)C. The Morgan fingerprint density at radius 1 is 0.617 bits per heavy atom. The Kier molecular flexibility index (Phi) is 9.64. The van der Waals surface area contributed by atoms with Crippen LogP contribution in [0.3, 0.4) is 0 Å². The van der Waals surface area contributed by atoms with Crippen LogP contribution in [0.25, 0.3) is 0 Å². The Balaban J connectivity index is 1.91. The minimum Gasteiger partial charge on any atom is -0.496 e. The number of anilines is 1. The van der Waals surface area contributed by atoms with Crippen LogP contribution in [0.5, 0.6) is 11.5 Å². The van der Waals surface area contributed by atoms with Crippen molar-refractivity contribution in [3.05, 3.63) is 118 Å². The highest BCUT2D eigenvalue weighted by molar-refractivity contribution is 5.84. The van der Waals surface area contributed by atoms with Gasteiger partial charge in [-0.15, -0.1) is 0 Å². The van der Waals surface area contributed by atoms with Crippen molar-refractivity contribution in [1.29, 1.82) is 0 Å². The Morgan fingerprint density at radius 2 is 1.09 bits per heavy atom. The van der Waals surface area contributed by atoms with E-state index in [0.717, 1.165) is 11.5 Å². The van der Waals surface area contributed by atoms with Gasteiger partial charge in [0.15, 0.2) is 12.1 Å². The van der Waals surface area contributed by atoms with Gasteiger partial charge in [-0.3, -0.25) is 0 Å². The van der Waals surface area contributed by atoms with Crippen molar-refractivity contribution < 1.29 is 14.0 Å². The molecule has 1 aliphatic heterocycles. The molecule has 0 bridgehead atoms. The lowest BCUT2D eigenvalue weighted by Gasteiger charge is -2.29. The van der Waals surface area contributed by atoms with Crippen LogP contribution in [0.4, 0.5) is 11.4 Å². The van der Waals surface area contributed by atoms with Crippen LogP contribution in [0, 0.1) is 0 Å². The van der Waals surface area contributed by atoms with Gasteiger partial charge in [0.2, 0.25) is 6.34 Å². The summed E-state index contributed by atoms with van der Waals surface area (Å²) in [6.07, 6.45) is 2.38. The molecule has 47 heavy (non-hydrogen) atoms. The summed E-state index contributed by atoms with van der Waals surface area (Å²) in [7, 11) is 3.58. The Labute approximate surface area is 284 Å². The van der Waals surface area contributed by atoms with Crippen LogP contribution in [0.15, 0.2) is 84.9 Å². The highest BCUT2D eigenvalue weighted by Gasteiger charge is 2.48. The quantitative estimate of drug-likeness (QED) is 0.181. The van der Waals surface area contributed by atoms with Crippen molar-refractivity contribution >= 4 is 17.7 Å². The molecule has 1 heterocycles. The molecule has 0 aromatic heterocycles. The lowest BCUT2D eigenvalue weighted by molar-refractivity contribution is -0.482. The highest BCUT2D eigenvalue weighted by atomic mass is 16.5. The number of methoxy groups -OCH3 is 2. The van der Waals surface area contributed by atoms with Gasteiger partial charge in [0.05, 0.1) is 14.2 Å². The molecule has 0 radical (unpaired) electrons. The molecule has 4 nitrogen and oxygen atoms in total. The van der Waals surface area contributed by atoms with Gasteiger partial charge >= 0.3 is 0 Å². The van der Waals surface area contributed by atoms with Crippen LogP contribution in [-0.4, -0.2) is 25.1 Å². The number of hydrogen-bond acceptors (Lipinski definition) is 3. The van der Waals surface area contributed by atoms with E-state index in [-0.39, 0.29) is 22.9 Å². The summed E-state index contributed by atoms with van der Waals surface area (Å²) in [5, 5.41) is 0. The monoisotopic (exact) mass is 631 g/mol. The molecule has 248 valence electrons. The Hall–Kier alpha value is -4.05. The zero-order valence-electron chi connectivity index (χ0n) is 30.7. The fraction of sp³-hybridized carbons (Fsp3) is 0.419. The van der Waals surface area contributed by atoms with Crippen LogP contribution >= 0.6 is 0 Å². The van der Waals surface area contributed by atoms with Crippen molar-refractivity contribution in [1.82, 2.24) is 0 Å². The second kappa shape index (κ2) is 13.2. The Bertz CT molecular complexity index is 1720. The van der Waals surface area contributed by atoms with E-state index in [0.29, 0.717) is 11.8 Å². The zero-order valence-corrected chi connectivity index (χ0v) is 30.7. The first-order valence-corrected chi connectivity index (χ1v) is 17.1. The van der Waals surface area contributed by atoms with E-state index in [9.17, 15) is 0 Å². The maximum atomic E-state index is 6.03. The zero-order chi connectivity index (χ0) is 34.3. The number of benzene rings is 4. The molecule has 0 unspecified atom stereocenters. The minimum atomic E-state index is -0.0987. The van der Waals surface area contributed by atoms with E-state index in [1.54, 1.807) is 14.2 Å². The summed E-state index contributed by atoms with van der Waals surface area (Å²) in [4.78, 5) is 2.54. The second-order valence-corrected chi connectivity index (χ2v) is 15.7. The smallest absolute Gasteiger partial charge is 0.245 e. The van der Waals surface area contributed by atoms with E-state index in [1.807, 2.05) is 0 Å². The first kappa shape index (κ1) is 34.3. The van der Waals surface area contributed by atoms with Crippen LogP contribution in [0.1, 0.15) is 127 Å². The summed E-state index contributed by atoms with van der Waals surface area (Å²) in [6.45, 7) is 22.7. The molecule has 0 aliphatic carbocycles. The molecule has 4 heteroatoms. The van der Waals surface area contributed by atoms with Crippen molar-refractivity contribution in [3.63, 3.8) is 0 Å². The van der Waals surface area contributed by atoms with Gasteiger partial charge in [-0.1, -0.05) is 130 Å². The van der Waals surface area contributed by atoms with Crippen molar-refractivity contribution in [2.24, 2.45) is 0 Å². The van der Waals surface area contributed by atoms with Gasteiger partial charge in [-0.05, 0) is 46.9 Å². The van der Waals surface area contributed by atoms with Gasteiger partial charge < -0.3 is 9.47 Å². The van der Waals surface area contributed by atoms with Gasteiger partial charge in [-0.2, -0.15) is 0 Å². The molecule has 4 aromatic rings. The van der Waals surface area contributed by atoms with Gasteiger partial charge in [-0.25, -0.2) is 9.48 Å². The molecular weight excluding hydrogens is 576 g/mol. The largest absolute Gasteiger partial charge is 0.496 e. The molecule has 0 N–H and O–H groups in total. The first-order chi connectivity index (χ1) is 22.2. The lowest BCUT2D eigenvalue weighted by atomic mass is 9.83. The first-order valence-electron chi connectivity index (χ1n) is 17.1. The average Bonchev–Trinajstić information content (AvgIpc) is 3.43. The lowest BCUT2D eigenvalue weighted by Crippen LogP contribution is -2.28. The third-order valence-corrected chi connectivity index (χ3v) is 9.54. The van der Waals surface area contributed by atoms with E-state index < -0.39 is 0 Å². The maximum absolute atomic E-state index is 6.03. The number of nitrogens with zero attached hydrogens (tertiary/aromatic N) is 2. The third-order valence-electron chi connectivity index (χ3n) is 9.54. The fourth-order valence-electron chi connectivity index (χ4n) is 7.04. The molecule has 2 atom stereocenters. The Morgan fingerprint density at radius 3 is 1.55 bits per heavy atom. The van der Waals surface area contributed by atoms with Crippen molar-refractivity contribution in [2.45, 2.75) is 104 Å². The number of ether oxygens (including phenoxy) is 2. The molecule has 5 rings (SSSR count). The van der Waals surface area contributed by atoms with E-state index in [4.69, 9.17) is 9.47 Å². The molecule has 0 saturated heterocycles. The minimum absolute atomic E-state index is 0.0116. The third kappa shape index (κ3) is 6.70. The maximum Gasteiger partial charge on any atom is 0.245 e. The molecule has 4 aromatic carbocycles. The van der Waals surface area contributed by atoms with E-state index >= 15 is 0 Å². The van der Waals surface area contributed by atoms with Crippen LogP contribution < -0.4 is 14.4 Å². The molecular formula is C43H55N2O2+. The van der Waals surface area contributed by atoms with Gasteiger partial charge in [0.25, 0.3) is 0 Å². The van der Waals surface area contributed by atoms with E-state index in [2.05, 4.69) is 170 Å². The molecule has 1 aliphatic rings. The topological polar surface area (TPSA) is 24.7 Å². The summed E-state index contributed by atoms with van der Waals surface area (Å²) in [6, 6.07) is 31.4. The van der Waals surface area contributed by atoms with Gasteiger partial charge in [0, 0.05) is 33.4 Å². The standard InChI is InChI=1S/C43H55N2O2/c1-28(2)32-23-38(46-11)34(42(5,6)7)25-36(32)44-27-45(37-26-35(43(8,9)10)39(47-12)24-33(37)29(3)4)41(31-21-17-14-18-22-31)40(44)30-19-15-13-16-20-30/h13-29,40-41H,1-12H3/q+1/t40-,41-/m1/s1. The van der Waals surface area contributed by atoms with E-state index in [1.165, 1.54) is 44.8 Å². The summed E-state index contributed by atoms with van der Waals surface area (Å²) in [5.41, 5.74) is 9.75. The van der Waals surface area contributed by atoms with Gasteiger partial charge in [0.1, 0.15) is 22.9 Å². The molecule has 0 spiro atoms. The van der Waals surface area contributed by atoms with Crippen LogP contribution in [-0.2, 0) is 10.8 Å². The van der Waals surface area contributed by atoms with Crippen molar-refractivity contribution in [3.8, 4) is 11.5 Å². The van der Waals surface area contributed by atoms with Crippen molar-refractivity contribution in [2.75, 3.05) is 19.1 Å². The van der Waals surface area contributed by atoms with Crippen LogP contribution in [0.2, 0.25) is 0 Å². The summed E-state index contributed by atoms with van der Waals surface area (Å²) in [5.74, 6) is 2.48.